The van der Waals surface area contributed by atoms with Gasteiger partial charge in [0.05, 0.1) is 0 Å². The van der Waals surface area contributed by atoms with E-state index >= 15 is 0 Å². The number of hydrogen-bond donors (Lipinski definition) is 0. The maximum atomic E-state index is 4.17. The quantitative estimate of drug-likeness (QED) is 0.729. The third-order valence-electron chi connectivity index (χ3n) is 2.31. The summed E-state index contributed by atoms with van der Waals surface area (Å²) in [6.45, 7) is 3.09. The number of nitrogens with zero attached hydrogens (tertiary/aromatic N) is 3. The van der Waals surface area contributed by atoms with Gasteiger partial charge in [0.25, 0.3) is 0 Å². The van der Waals surface area contributed by atoms with Crippen LogP contribution in [0, 0.1) is 6.92 Å². The summed E-state index contributed by atoms with van der Waals surface area (Å²) in [5, 5.41) is 10.2. The number of aryl methyl sites for hydroxylation is 1. The van der Waals surface area contributed by atoms with E-state index in [1.54, 1.807) is 11.3 Å². The molecule has 1 aliphatic heterocycles. The highest BCUT2D eigenvalue weighted by Gasteiger charge is 2.07. The molecule has 0 saturated heterocycles. The predicted molar refractivity (Wildman–Crippen MR) is 63.6 cm³/mol. The van der Waals surface area contributed by atoms with E-state index < -0.39 is 0 Å². The molecule has 1 aromatic rings. The summed E-state index contributed by atoms with van der Waals surface area (Å²) in [5.41, 5.74) is 1.17. The molecular weight excluding hydrogens is 206 g/mol. The van der Waals surface area contributed by atoms with Crippen LogP contribution in [0.1, 0.15) is 22.9 Å². The number of allylic oxidation sites excluding steroid dienone is 3. The molecular formula is C11H15N3S. The first kappa shape index (κ1) is 10.4. The van der Waals surface area contributed by atoms with E-state index in [1.165, 1.54) is 12.0 Å². The zero-order valence-corrected chi connectivity index (χ0v) is 9.92. The van der Waals surface area contributed by atoms with E-state index in [2.05, 4.69) is 40.5 Å². The van der Waals surface area contributed by atoms with Crippen molar-refractivity contribution in [2.45, 2.75) is 19.8 Å². The molecule has 0 N–H and O–H groups in total. The summed E-state index contributed by atoms with van der Waals surface area (Å²) < 4.78 is 0. The molecule has 0 atom stereocenters. The molecule has 0 saturated carbocycles. The van der Waals surface area contributed by atoms with Gasteiger partial charge in [0.1, 0.15) is 10.0 Å². The molecule has 0 fully saturated rings. The molecule has 15 heavy (non-hydrogen) atoms. The van der Waals surface area contributed by atoms with Crippen molar-refractivity contribution >= 4 is 16.9 Å². The lowest BCUT2D eigenvalue weighted by Gasteiger charge is -2.16. The lowest BCUT2D eigenvalue weighted by molar-refractivity contribution is 0.446. The summed E-state index contributed by atoms with van der Waals surface area (Å²) in [7, 11) is 2.10. The molecule has 80 valence electrons. The molecule has 0 bridgehead atoms. The van der Waals surface area contributed by atoms with E-state index in [1.807, 2.05) is 6.92 Å². The number of hydrogen-bond acceptors (Lipinski definition) is 4. The van der Waals surface area contributed by atoms with Crippen molar-refractivity contribution in [1.29, 1.82) is 0 Å². The van der Waals surface area contributed by atoms with Crippen molar-refractivity contribution in [2.24, 2.45) is 0 Å². The average Bonchev–Trinajstić information content (AvgIpc) is 2.58. The van der Waals surface area contributed by atoms with Gasteiger partial charge in [0.15, 0.2) is 0 Å². The van der Waals surface area contributed by atoms with Crippen LogP contribution in [0.25, 0.3) is 5.57 Å². The molecule has 0 aliphatic carbocycles. The minimum Gasteiger partial charge on any atom is -0.380 e. The zero-order chi connectivity index (χ0) is 10.7. The maximum Gasteiger partial charge on any atom is 0.149 e. The van der Waals surface area contributed by atoms with Crippen molar-refractivity contribution in [1.82, 2.24) is 15.1 Å². The van der Waals surface area contributed by atoms with Crippen LogP contribution in [-0.2, 0) is 0 Å². The summed E-state index contributed by atoms with van der Waals surface area (Å²) in [6, 6.07) is 0. The van der Waals surface area contributed by atoms with E-state index in [-0.39, 0.29) is 0 Å². The van der Waals surface area contributed by atoms with E-state index in [9.17, 15) is 0 Å². The van der Waals surface area contributed by atoms with Crippen LogP contribution in [0.5, 0.6) is 0 Å². The second-order valence-corrected chi connectivity index (χ2v) is 4.92. The highest BCUT2D eigenvalue weighted by Crippen LogP contribution is 2.21. The van der Waals surface area contributed by atoms with E-state index in [0.717, 1.165) is 23.0 Å². The van der Waals surface area contributed by atoms with Gasteiger partial charge in [-0.15, -0.1) is 10.2 Å². The Morgan fingerprint density at radius 3 is 3.00 bits per heavy atom. The Morgan fingerprint density at radius 2 is 2.27 bits per heavy atom. The van der Waals surface area contributed by atoms with Gasteiger partial charge in [-0.3, -0.25) is 0 Å². The molecule has 2 heterocycles. The SMILES string of the molecule is Cc1nnc(C2=C/N(C)CCC/C=C\2)s1. The highest BCUT2D eigenvalue weighted by atomic mass is 32.1. The smallest absolute Gasteiger partial charge is 0.149 e. The van der Waals surface area contributed by atoms with E-state index in [4.69, 9.17) is 0 Å². The topological polar surface area (TPSA) is 29.0 Å². The Hall–Kier alpha value is -1.16. The van der Waals surface area contributed by atoms with Gasteiger partial charge < -0.3 is 4.90 Å². The fourth-order valence-electron chi connectivity index (χ4n) is 1.55. The van der Waals surface area contributed by atoms with Crippen LogP contribution in [0.15, 0.2) is 18.4 Å². The van der Waals surface area contributed by atoms with Crippen molar-refractivity contribution in [3.05, 3.63) is 28.4 Å². The van der Waals surface area contributed by atoms with Crippen LogP contribution in [0.4, 0.5) is 0 Å². The Bertz CT molecular complexity index is 392. The summed E-state index contributed by atoms with van der Waals surface area (Å²) in [4.78, 5) is 2.22. The third-order valence-corrected chi connectivity index (χ3v) is 3.20. The highest BCUT2D eigenvalue weighted by molar-refractivity contribution is 7.12. The predicted octanol–water partition coefficient (Wildman–Crippen LogP) is 2.47. The van der Waals surface area contributed by atoms with Gasteiger partial charge in [0.2, 0.25) is 0 Å². The lowest BCUT2D eigenvalue weighted by atomic mass is 10.2. The van der Waals surface area contributed by atoms with Crippen LogP contribution < -0.4 is 0 Å². The fraction of sp³-hybridized carbons (Fsp3) is 0.455. The molecule has 1 aliphatic rings. The van der Waals surface area contributed by atoms with E-state index in [0.29, 0.717) is 0 Å². The standard InChI is InChI=1S/C11H15N3S/c1-9-12-13-11(15-9)10-6-4-3-5-7-14(2)8-10/h4,6,8H,3,5,7H2,1-2H3/b6-4-,10-8+. The zero-order valence-electron chi connectivity index (χ0n) is 9.10. The van der Waals surface area contributed by atoms with Crippen molar-refractivity contribution < 1.29 is 0 Å². The summed E-state index contributed by atoms with van der Waals surface area (Å²) in [5.74, 6) is 0. The lowest BCUT2D eigenvalue weighted by Crippen LogP contribution is -2.13. The average molecular weight is 221 g/mol. The van der Waals surface area contributed by atoms with Gasteiger partial charge in [0, 0.05) is 25.4 Å². The van der Waals surface area contributed by atoms with Crippen LogP contribution in [0.2, 0.25) is 0 Å². The van der Waals surface area contributed by atoms with Crippen molar-refractivity contribution in [3.8, 4) is 0 Å². The third kappa shape index (κ3) is 2.65. The van der Waals surface area contributed by atoms with Crippen LogP contribution >= 0.6 is 11.3 Å². The molecule has 0 unspecified atom stereocenters. The first-order chi connectivity index (χ1) is 7.25. The second-order valence-electron chi connectivity index (χ2n) is 3.74. The normalized spacial score (nSPS) is 22.8. The Kier molecular flexibility index (Phi) is 3.16. The Labute approximate surface area is 94.1 Å². The van der Waals surface area contributed by atoms with Crippen molar-refractivity contribution in [3.63, 3.8) is 0 Å². The molecule has 0 aromatic carbocycles. The molecule has 0 amide bonds. The first-order valence-corrected chi connectivity index (χ1v) is 5.96. The van der Waals surface area contributed by atoms with Gasteiger partial charge in [-0.1, -0.05) is 23.5 Å². The fourth-order valence-corrected chi connectivity index (χ4v) is 2.24. The van der Waals surface area contributed by atoms with Gasteiger partial charge in [-0.05, 0) is 19.8 Å². The summed E-state index contributed by atoms with van der Waals surface area (Å²) in [6.07, 6.45) is 8.87. The summed E-state index contributed by atoms with van der Waals surface area (Å²) >= 11 is 1.64. The first-order valence-electron chi connectivity index (χ1n) is 5.15. The number of aromatic nitrogens is 2. The molecule has 0 radical (unpaired) electrons. The second kappa shape index (κ2) is 4.57. The van der Waals surface area contributed by atoms with Gasteiger partial charge >= 0.3 is 0 Å². The molecule has 2 rings (SSSR count). The van der Waals surface area contributed by atoms with Gasteiger partial charge in [-0.25, -0.2) is 0 Å². The van der Waals surface area contributed by atoms with Crippen LogP contribution in [-0.4, -0.2) is 28.7 Å². The monoisotopic (exact) mass is 221 g/mol. The molecule has 0 spiro atoms. The minimum atomic E-state index is 1.01. The minimum absolute atomic E-state index is 1.01. The van der Waals surface area contributed by atoms with Crippen molar-refractivity contribution in [2.75, 3.05) is 13.6 Å². The Balaban J connectivity index is 2.28. The number of rotatable bonds is 1. The van der Waals surface area contributed by atoms with Crippen LogP contribution in [0.3, 0.4) is 0 Å². The maximum absolute atomic E-state index is 4.17. The molecule has 4 heteroatoms. The molecule has 1 aromatic heterocycles. The largest absolute Gasteiger partial charge is 0.380 e. The Morgan fingerprint density at radius 1 is 1.40 bits per heavy atom. The molecule has 3 nitrogen and oxygen atoms in total. The van der Waals surface area contributed by atoms with Gasteiger partial charge in [-0.2, -0.15) is 0 Å².